The molecule has 0 aliphatic carbocycles. The highest BCUT2D eigenvalue weighted by atomic mass is 32.1. The van der Waals surface area contributed by atoms with Crippen LogP contribution < -0.4 is 5.73 Å². The van der Waals surface area contributed by atoms with Crippen molar-refractivity contribution in [3.63, 3.8) is 0 Å². The number of nitrogens with zero attached hydrogens (tertiary/aromatic N) is 2. The topological polar surface area (TPSA) is 75.0 Å². The Labute approximate surface area is 93.6 Å². The van der Waals surface area contributed by atoms with Gasteiger partial charge in [0, 0.05) is 25.7 Å². The van der Waals surface area contributed by atoms with Gasteiger partial charge in [0.15, 0.2) is 0 Å². The van der Waals surface area contributed by atoms with Crippen molar-refractivity contribution in [1.82, 2.24) is 15.1 Å². The van der Waals surface area contributed by atoms with E-state index in [-0.39, 0.29) is 11.9 Å². The van der Waals surface area contributed by atoms with E-state index in [4.69, 9.17) is 18.0 Å². The first-order chi connectivity index (χ1) is 7.02. The van der Waals surface area contributed by atoms with E-state index < -0.39 is 0 Å². The molecule has 82 valence electrons. The molecule has 5 nitrogen and oxygen atoms in total. The fraction of sp³-hybridized carbons (Fsp3) is 0.444. The summed E-state index contributed by atoms with van der Waals surface area (Å²) in [5.74, 6) is -0.0903. The highest BCUT2D eigenvalue weighted by Gasteiger charge is 2.18. The van der Waals surface area contributed by atoms with Crippen molar-refractivity contribution in [3.8, 4) is 0 Å². The number of nitrogens with two attached hydrogens (primary N) is 1. The van der Waals surface area contributed by atoms with Crippen molar-refractivity contribution in [2.45, 2.75) is 19.4 Å². The van der Waals surface area contributed by atoms with Gasteiger partial charge in [-0.1, -0.05) is 12.2 Å². The smallest absolute Gasteiger partial charge is 0.257 e. The van der Waals surface area contributed by atoms with Crippen LogP contribution in [-0.4, -0.2) is 39.1 Å². The summed E-state index contributed by atoms with van der Waals surface area (Å²) in [7, 11) is 1.72. The molecule has 0 radical (unpaired) electrons. The van der Waals surface area contributed by atoms with Crippen LogP contribution in [0.25, 0.3) is 0 Å². The number of amides is 1. The van der Waals surface area contributed by atoms with Crippen LogP contribution in [0.5, 0.6) is 0 Å². The second-order valence-corrected chi connectivity index (χ2v) is 3.95. The third kappa shape index (κ3) is 3.02. The molecule has 1 unspecified atom stereocenters. The van der Waals surface area contributed by atoms with Crippen molar-refractivity contribution < 1.29 is 4.79 Å². The molecule has 6 heteroatoms. The lowest BCUT2D eigenvalue weighted by Gasteiger charge is -2.23. The third-order valence-electron chi connectivity index (χ3n) is 2.22. The van der Waals surface area contributed by atoms with Gasteiger partial charge in [0.25, 0.3) is 5.91 Å². The normalized spacial score (nSPS) is 12.1. The maximum Gasteiger partial charge on any atom is 0.257 e. The first-order valence-electron chi connectivity index (χ1n) is 4.56. The number of nitrogens with one attached hydrogen (secondary N) is 1. The van der Waals surface area contributed by atoms with Crippen LogP contribution in [0, 0.1) is 0 Å². The van der Waals surface area contributed by atoms with Gasteiger partial charge in [0.2, 0.25) is 0 Å². The van der Waals surface area contributed by atoms with Crippen molar-refractivity contribution >= 4 is 23.1 Å². The molecule has 0 bridgehead atoms. The molecule has 1 aromatic heterocycles. The van der Waals surface area contributed by atoms with Gasteiger partial charge in [-0.25, -0.2) is 0 Å². The zero-order chi connectivity index (χ0) is 11.4. The third-order valence-corrected chi connectivity index (χ3v) is 2.39. The first kappa shape index (κ1) is 11.6. The molecular weight excluding hydrogens is 212 g/mol. The van der Waals surface area contributed by atoms with Gasteiger partial charge in [-0.2, -0.15) is 5.10 Å². The summed E-state index contributed by atoms with van der Waals surface area (Å²) in [6.07, 6.45) is 3.58. The molecule has 0 aliphatic heterocycles. The molecule has 0 aromatic carbocycles. The van der Waals surface area contributed by atoms with Crippen LogP contribution in [-0.2, 0) is 0 Å². The Morgan fingerprint density at radius 3 is 2.93 bits per heavy atom. The Morgan fingerprint density at radius 1 is 1.80 bits per heavy atom. The minimum absolute atomic E-state index is 0.00935. The van der Waals surface area contributed by atoms with Crippen LogP contribution in [0.2, 0.25) is 0 Å². The first-order valence-corrected chi connectivity index (χ1v) is 4.97. The minimum Gasteiger partial charge on any atom is -0.393 e. The van der Waals surface area contributed by atoms with E-state index in [1.165, 1.54) is 6.20 Å². The summed E-state index contributed by atoms with van der Waals surface area (Å²) < 4.78 is 0. The van der Waals surface area contributed by atoms with Crippen LogP contribution in [0.3, 0.4) is 0 Å². The van der Waals surface area contributed by atoms with Gasteiger partial charge in [-0.05, 0) is 6.92 Å². The molecule has 3 N–H and O–H groups in total. The Balaban J connectivity index is 2.64. The van der Waals surface area contributed by atoms with Crippen molar-refractivity contribution in [2.75, 3.05) is 7.05 Å². The molecule has 1 atom stereocenters. The van der Waals surface area contributed by atoms with Crippen LogP contribution in [0.4, 0.5) is 0 Å². The predicted octanol–water partition coefficient (Wildman–Crippen LogP) is 0.546. The lowest BCUT2D eigenvalue weighted by atomic mass is 10.2. The van der Waals surface area contributed by atoms with E-state index in [9.17, 15) is 4.79 Å². The van der Waals surface area contributed by atoms with Crippen molar-refractivity contribution in [1.29, 1.82) is 0 Å². The molecule has 1 rings (SSSR count). The molecule has 0 spiro atoms. The second kappa shape index (κ2) is 4.88. The number of hydrogen-bond donors (Lipinski definition) is 2. The number of carbonyl (C=O) groups excluding carboxylic acids is 1. The lowest BCUT2D eigenvalue weighted by Crippen LogP contribution is -2.37. The molecule has 0 fully saturated rings. The Bertz CT molecular complexity index is 349. The second-order valence-electron chi connectivity index (χ2n) is 3.42. The summed E-state index contributed by atoms with van der Waals surface area (Å²) in [4.78, 5) is 13.8. The highest BCUT2D eigenvalue weighted by Crippen LogP contribution is 2.07. The predicted molar refractivity (Wildman–Crippen MR) is 61.5 cm³/mol. The quantitative estimate of drug-likeness (QED) is 0.735. The lowest BCUT2D eigenvalue weighted by molar-refractivity contribution is 0.0748. The molecule has 1 amide bonds. The fourth-order valence-corrected chi connectivity index (χ4v) is 1.44. The summed E-state index contributed by atoms with van der Waals surface area (Å²) >= 11 is 4.80. The summed E-state index contributed by atoms with van der Waals surface area (Å²) in [5, 5.41) is 6.32. The number of H-pyrrole nitrogens is 1. The standard InChI is InChI=1S/C9H14N4OS/c1-6(3-8(10)15)13(2)9(14)7-4-11-12-5-7/h4-6H,3H2,1-2H3,(H2,10,15)(H,11,12). The minimum atomic E-state index is -0.0903. The van der Waals surface area contributed by atoms with Crippen LogP contribution in [0.1, 0.15) is 23.7 Å². The monoisotopic (exact) mass is 226 g/mol. The number of aromatic nitrogens is 2. The largest absolute Gasteiger partial charge is 0.393 e. The fourth-order valence-electron chi connectivity index (χ4n) is 1.20. The molecule has 1 heterocycles. The summed E-state index contributed by atoms with van der Waals surface area (Å²) in [5.41, 5.74) is 5.96. The summed E-state index contributed by atoms with van der Waals surface area (Å²) in [6.45, 7) is 1.90. The SMILES string of the molecule is CC(CC(N)=S)N(C)C(=O)c1cn[nH]c1. The van der Waals surface area contributed by atoms with E-state index >= 15 is 0 Å². The molecule has 0 saturated heterocycles. The highest BCUT2D eigenvalue weighted by molar-refractivity contribution is 7.80. The summed E-state index contributed by atoms with van der Waals surface area (Å²) in [6, 6.07) is -0.00935. The number of rotatable bonds is 4. The van der Waals surface area contributed by atoms with Crippen LogP contribution in [0.15, 0.2) is 12.4 Å². The number of thiocarbonyl (C=S) groups is 1. The van der Waals surface area contributed by atoms with Crippen molar-refractivity contribution in [3.05, 3.63) is 18.0 Å². The van der Waals surface area contributed by atoms with Crippen LogP contribution >= 0.6 is 12.2 Å². The van der Waals surface area contributed by atoms with E-state index in [1.54, 1.807) is 18.1 Å². The molecule has 0 aliphatic rings. The molecule has 0 saturated carbocycles. The average Bonchev–Trinajstić information content (AvgIpc) is 2.67. The molecular formula is C9H14N4OS. The Kier molecular flexibility index (Phi) is 3.79. The zero-order valence-electron chi connectivity index (χ0n) is 8.73. The zero-order valence-corrected chi connectivity index (χ0v) is 9.54. The van der Waals surface area contributed by atoms with Gasteiger partial charge in [-0.15, -0.1) is 0 Å². The van der Waals surface area contributed by atoms with E-state index in [0.717, 1.165) is 0 Å². The van der Waals surface area contributed by atoms with Gasteiger partial charge in [0.05, 0.1) is 16.7 Å². The maximum atomic E-state index is 11.8. The van der Waals surface area contributed by atoms with Gasteiger partial charge in [-0.3, -0.25) is 9.89 Å². The van der Waals surface area contributed by atoms with Gasteiger partial charge < -0.3 is 10.6 Å². The Morgan fingerprint density at radius 2 is 2.47 bits per heavy atom. The maximum absolute atomic E-state index is 11.8. The Hall–Kier alpha value is -1.43. The number of hydrogen-bond acceptors (Lipinski definition) is 3. The average molecular weight is 226 g/mol. The van der Waals surface area contributed by atoms with E-state index in [0.29, 0.717) is 17.0 Å². The van der Waals surface area contributed by atoms with Crippen molar-refractivity contribution in [2.24, 2.45) is 5.73 Å². The number of aromatic amines is 1. The number of carbonyl (C=O) groups is 1. The molecule has 15 heavy (non-hydrogen) atoms. The van der Waals surface area contributed by atoms with E-state index in [1.807, 2.05) is 6.92 Å². The van der Waals surface area contributed by atoms with Gasteiger partial charge in [0.1, 0.15) is 0 Å². The van der Waals surface area contributed by atoms with Gasteiger partial charge >= 0.3 is 0 Å². The van der Waals surface area contributed by atoms with E-state index in [2.05, 4.69) is 10.2 Å². The molecule has 1 aromatic rings.